The van der Waals surface area contributed by atoms with Crippen LogP contribution >= 0.6 is 0 Å². The van der Waals surface area contributed by atoms with Crippen molar-refractivity contribution in [2.75, 3.05) is 0 Å². The summed E-state index contributed by atoms with van der Waals surface area (Å²) in [6, 6.07) is 0. The van der Waals surface area contributed by atoms with Crippen LogP contribution in [0.3, 0.4) is 0 Å². The molecule has 0 atom stereocenters. The molecule has 0 fully saturated rings. The van der Waals surface area contributed by atoms with E-state index in [4.69, 9.17) is 5.11 Å². The Morgan fingerprint density at radius 3 is 1.60 bits per heavy atom. The van der Waals surface area contributed by atoms with Crippen molar-refractivity contribution >= 4 is 5.97 Å². The van der Waals surface area contributed by atoms with Crippen molar-refractivity contribution in [2.45, 2.75) is 49.4 Å². The number of allylic oxidation sites excluding steroid dienone is 1. The molecule has 0 saturated carbocycles. The minimum atomic E-state index is -7.60. The summed E-state index contributed by atoms with van der Waals surface area (Å²) >= 11 is 0. The molecule has 148 valence electrons. The molecule has 0 aliphatic carbocycles. The number of carboxylic acid groups (broad SMARTS) is 1. The molecule has 0 unspecified atom stereocenters. The summed E-state index contributed by atoms with van der Waals surface area (Å²) in [5.41, 5.74) is -1.08. The van der Waals surface area contributed by atoms with Gasteiger partial charge in [0.15, 0.2) is 0 Å². The van der Waals surface area contributed by atoms with Crippen molar-refractivity contribution in [3.63, 3.8) is 0 Å². The third kappa shape index (κ3) is 3.66. The third-order valence-corrected chi connectivity index (χ3v) is 2.94. The van der Waals surface area contributed by atoms with Gasteiger partial charge in [-0.1, -0.05) is 6.08 Å². The van der Waals surface area contributed by atoms with Gasteiger partial charge >= 0.3 is 42.0 Å². The number of rotatable bonds is 8. The van der Waals surface area contributed by atoms with Crippen LogP contribution in [0.1, 0.15) is 13.3 Å². The normalized spacial score (nSPS) is 15.7. The number of hydrogen-bond acceptors (Lipinski definition) is 1. The van der Waals surface area contributed by atoms with Gasteiger partial charge in [0.2, 0.25) is 0 Å². The molecule has 0 spiro atoms. The van der Waals surface area contributed by atoms with Gasteiger partial charge in [0.1, 0.15) is 0 Å². The summed E-state index contributed by atoms with van der Waals surface area (Å²) in [5.74, 6) is -37.6. The fourth-order valence-corrected chi connectivity index (χ4v) is 1.27. The summed E-state index contributed by atoms with van der Waals surface area (Å²) in [6.45, 7) is 0.550. The lowest BCUT2D eigenvalue weighted by Gasteiger charge is -2.39. The lowest BCUT2D eigenvalue weighted by molar-refractivity contribution is -0.412. The predicted molar refractivity (Wildman–Crippen MR) is 56.7 cm³/mol. The van der Waals surface area contributed by atoms with Crippen molar-refractivity contribution in [3.8, 4) is 0 Å². The van der Waals surface area contributed by atoms with Crippen LogP contribution in [0.2, 0.25) is 0 Å². The zero-order chi connectivity index (χ0) is 20.6. The van der Waals surface area contributed by atoms with E-state index < -0.39 is 54.0 Å². The molecule has 0 rings (SSSR count). The summed E-state index contributed by atoms with van der Waals surface area (Å²) in [7, 11) is 0. The van der Waals surface area contributed by atoms with Crippen LogP contribution in [0.15, 0.2) is 11.6 Å². The highest BCUT2D eigenvalue weighted by Crippen LogP contribution is 2.58. The highest BCUT2D eigenvalue weighted by atomic mass is 19.4. The molecule has 0 aromatic rings. The minimum absolute atomic E-state index is 0.254. The van der Waals surface area contributed by atoms with E-state index in [9.17, 15) is 57.5 Å². The maximum Gasteiger partial charge on any atom is 0.384 e. The van der Waals surface area contributed by atoms with Crippen LogP contribution in [0.25, 0.3) is 0 Å². The van der Waals surface area contributed by atoms with Crippen LogP contribution in [0.5, 0.6) is 0 Å². The van der Waals surface area contributed by atoms with Gasteiger partial charge < -0.3 is 5.11 Å². The third-order valence-electron chi connectivity index (χ3n) is 2.94. The van der Waals surface area contributed by atoms with Crippen LogP contribution in [-0.4, -0.2) is 47.1 Å². The van der Waals surface area contributed by atoms with Gasteiger partial charge in [-0.05, 0) is 6.92 Å². The highest BCUT2D eigenvalue weighted by Gasteiger charge is 2.87. The molecule has 0 amide bonds. The summed E-state index contributed by atoms with van der Waals surface area (Å²) in [4.78, 5) is 10.3. The Morgan fingerprint density at radius 2 is 1.28 bits per heavy atom. The van der Waals surface area contributed by atoms with Crippen molar-refractivity contribution in [3.05, 3.63) is 11.6 Å². The van der Waals surface area contributed by atoms with Gasteiger partial charge in [0, 0.05) is 12.0 Å². The Hall–Kier alpha value is -1.63. The molecule has 0 heterocycles. The van der Waals surface area contributed by atoms with Crippen molar-refractivity contribution in [1.82, 2.24) is 0 Å². The molecule has 0 aromatic carbocycles. The second kappa shape index (κ2) is 6.59. The highest BCUT2D eigenvalue weighted by molar-refractivity contribution is 5.85. The van der Waals surface area contributed by atoms with E-state index in [-0.39, 0.29) is 6.08 Å². The van der Waals surface area contributed by atoms with E-state index in [0.29, 0.717) is 6.92 Å². The molecule has 25 heavy (non-hydrogen) atoms. The van der Waals surface area contributed by atoms with Gasteiger partial charge in [0.05, 0.1) is 0 Å². The van der Waals surface area contributed by atoms with Crippen molar-refractivity contribution < 1.29 is 62.6 Å². The first kappa shape index (κ1) is 23.4. The molecule has 0 saturated heterocycles. The molecule has 0 aliphatic rings. The Bertz CT molecular complexity index is 537. The number of aliphatic carboxylic acids is 1. The molecule has 0 aliphatic heterocycles. The van der Waals surface area contributed by atoms with E-state index in [2.05, 4.69) is 0 Å². The first-order valence-electron chi connectivity index (χ1n) is 5.84. The first-order valence-corrected chi connectivity index (χ1v) is 5.84. The molecule has 14 heteroatoms. The first-order chi connectivity index (χ1) is 10.8. The van der Waals surface area contributed by atoms with Crippen LogP contribution < -0.4 is 0 Å². The fraction of sp³-hybridized carbons (Fsp3) is 0.727. The smallest absolute Gasteiger partial charge is 0.384 e. The second-order valence-electron chi connectivity index (χ2n) is 4.75. The van der Waals surface area contributed by atoms with E-state index in [1.54, 1.807) is 0 Å². The summed E-state index contributed by atoms with van der Waals surface area (Å²) in [6.07, 6.45) is -8.38. The van der Waals surface area contributed by atoms with Gasteiger partial charge in [-0.2, -0.15) is 43.9 Å². The van der Waals surface area contributed by atoms with Crippen molar-refractivity contribution in [2.24, 2.45) is 0 Å². The average Bonchev–Trinajstić information content (AvgIpc) is 2.43. The second-order valence-corrected chi connectivity index (χ2v) is 4.75. The Labute approximate surface area is 131 Å². The van der Waals surface area contributed by atoms with Crippen LogP contribution in [0.4, 0.5) is 52.7 Å². The van der Waals surface area contributed by atoms with Gasteiger partial charge in [-0.3, -0.25) is 0 Å². The predicted octanol–water partition coefficient (Wildman–Crippen LogP) is 4.85. The van der Waals surface area contributed by atoms with E-state index >= 15 is 0 Å². The molecular formula is C11H8F12O2. The Balaban J connectivity index is 6.03. The zero-order valence-corrected chi connectivity index (χ0v) is 11.8. The largest absolute Gasteiger partial charge is 0.478 e. The fourth-order valence-electron chi connectivity index (χ4n) is 1.27. The molecule has 0 bridgehead atoms. The maximum atomic E-state index is 13.2. The van der Waals surface area contributed by atoms with Crippen molar-refractivity contribution in [1.29, 1.82) is 0 Å². The van der Waals surface area contributed by atoms with Crippen LogP contribution in [-0.2, 0) is 4.79 Å². The number of hydrogen-bond donors (Lipinski definition) is 1. The molecule has 2 nitrogen and oxygen atoms in total. The SMILES string of the molecule is CC(=CCC(F)(F)C(F)(F)C(F)(F)C(F)(F)C(F)(F)C(F)F)C(=O)O. The minimum Gasteiger partial charge on any atom is -0.478 e. The average molecular weight is 400 g/mol. The monoisotopic (exact) mass is 400 g/mol. The number of alkyl halides is 12. The molecule has 0 aromatic heterocycles. The quantitative estimate of drug-likeness (QED) is 0.467. The van der Waals surface area contributed by atoms with Crippen LogP contribution in [0, 0.1) is 0 Å². The van der Waals surface area contributed by atoms with E-state index in [1.165, 1.54) is 0 Å². The lowest BCUT2D eigenvalue weighted by atomic mass is 9.92. The molecule has 0 radical (unpaired) electrons. The topological polar surface area (TPSA) is 37.3 Å². The number of carbonyl (C=O) groups is 1. The van der Waals surface area contributed by atoms with Gasteiger partial charge in [-0.15, -0.1) is 0 Å². The molecule has 1 N–H and O–H groups in total. The summed E-state index contributed by atoms with van der Waals surface area (Å²) in [5, 5.41) is 8.29. The Morgan fingerprint density at radius 1 is 0.880 bits per heavy atom. The summed E-state index contributed by atoms with van der Waals surface area (Å²) < 4.78 is 153. The molecular weight excluding hydrogens is 392 g/mol. The number of carboxylic acids is 1. The van der Waals surface area contributed by atoms with E-state index in [1.807, 2.05) is 0 Å². The zero-order valence-electron chi connectivity index (χ0n) is 11.8. The Kier molecular flexibility index (Phi) is 6.16. The van der Waals surface area contributed by atoms with Gasteiger partial charge in [0.25, 0.3) is 0 Å². The lowest BCUT2D eigenvalue weighted by Crippen LogP contribution is -2.68. The van der Waals surface area contributed by atoms with E-state index in [0.717, 1.165) is 0 Å². The number of halogens is 12. The maximum absolute atomic E-state index is 13.2. The van der Waals surface area contributed by atoms with Gasteiger partial charge in [-0.25, -0.2) is 13.6 Å². The standard InChI is InChI=1S/C11H8F12O2/c1-4(5(24)25)2-3-7(14,15)9(18,19)11(22,23)10(20,21)8(16,17)6(12)13/h2,6H,3H2,1H3,(H,24,25).